The number of aliphatic hydroxyl groups excluding tert-OH is 1. The number of hydrogen-bond donors (Lipinski definition) is 1. The van der Waals surface area contributed by atoms with E-state index in [-0.39, 0.29) is 12.7 Å². The molecule has 0 aromatic carbocycles. The molecule has 1 aliphatic heterocycles. The maximum Gasteiger partial charge on any atom is 0.102 e. The second kappa shape index (κ2) is 2.99. The van der Waals surface area contributed by atoms with E-state index in [9.17, 15) is 0 Å². The molecule has 0 radical (unpaired) electrons. The molecule has 0 saturated carbocycles. The number of epoxide rings is 1. The Balaban J connectivity index is 1.98. The molecule has 9 heavy (non-hydrogen) atoms. The Kier molecular flexibility index (Phi) is 2.25. The summed E-state index contributed by atoms with van der Waals surface area (Å²) in [6, 6.07) is 0. The molecule has 1 heterocycles. The fourth-order valence-corrected chi connectivity index (χ4v) is 0.889. The van der Waals surface area contributed by atoms with Crippen LogP contribution in [0.25, 0.3) is 0 Å². The van der Waals surface area contributed by atoms with Crippen molar-refractivity contribution in [3.05, 3.63) is 12.7 Å². The van der Waals surface area contributed by atoms with Crippen LogP contribution in [0, 0.1) is 0 Å². The van der Waals surface area contributed by atoms with Gasteiger partial charge in [-0.15, -0.1) is 6.58 Å². The topological polar surface area (TPSA) is 32.8 Å². The van der Waals surface area contributed by atoms with Gasteiger partial charge < -0.3 is 9.84 Å². The normalized spacial score (nSPS) is 32.1. The molecule has 1 rings (SSSR count). The highest BCUT2D eigenvalue weighted by atomic mass is 16.6. The lowest BCUT2D eigenvalue weighted by molar-refractivity contribution is 0.273. The Morgan fingerprint density at radius 1 is 1.67 bits per heavy atom. The third-order valence-corrected chi connectivity index (χ3v) is 1.50. The Hall–Kier alpha value is -0.340. The summed E-state index contributed by atoms with van der Waals surface area (Å²) in [7, 11) is 0. The van der Waals surface area contributed by atoms with Crippen molar-refractivity contribution in [2.75, 3.05) is 6.61 Å². The fraction of sp³-hybridized carbons (Fsp3) is 0.714. The molecule has 1 fully saturated rings. The fourth-order valence-electron chi connectivity index (χ4n) is 0.889. The van der Waals surface area contributed by atoms with Crippen LogP contribution in [0.3, 0.4) is 0 Å². The van der Waals surface area contributed by atoms with Crippen molar-refractivity contribution in [3.8, 4) is 0 Å². The highest BCUT2D eigenvalue weighted by Crippen LogP contribution is 2.26. The minimum atomic E-state index is 0.268. The molecular weight excluding hydrogens is 116 g/mol. The molecule has 1 saturated heterocycles. The van der Waals surface area contributed by atoms with Crippen LogP contribution in [0.4, 0.5) is 0 Å². The van der Waals surface area contributed by atoms with E-state index in [0.29, 0.717) is 6.10 Å². The van der Waals surface area contributed by atoms with Crippen molar-refractivity contribution in [3.63, 3.8) is 0 Å². The minimum absolute atomic E-state index is 0.268. The van der Waals surface area contributed by atoms with Crippen molar-refractivity contribution in [2.45, 2.75) is 25.0 Å². The van der Waals surface area contributed by atoms with Crippen molar-refractivity contribution in [2.24, 2.45) is 0 Å². The lowest BCUT2D eigenvalue weighted by Gasteiger charge is -1.87. The van der Waals surface area contributed by atoms with Crippen LogP contribution in [-0.4, -0.2) is 23.9 Å². The van der Waals surface area contributed by atoms with Gasteiger partial charge in [0.15, 0.2) is 0 Å². The summed E-state index contributed by atoms with van der Waals surface area (Å²) >= 11 is 0. The molecule has 52 valence electrons. The van der Waals surface area contributed by atoms with Gasteiger partial charge in [0.1, 0.15) is 6.10 Å². The lowest BCUT2D eigenvalue weighted by Crippen LogP contribution is -1.92. The number of ether oxygens (including phenoxy) is 1. The third kappa shape index (κ3) is 1.80. The third-order valence-electron chi connectivity index (χ3n) is 1.50. The monoisotopic (exact) mass is 128 g/mol. The van der Waals surface area contributed by atoms with Crippen LogP contribution in [-0.2, 0) is 4.74 Å². The van der Waals surface area contributed by atoms with Gasteiger partial charge in [0, 0.05) is 6.61 Å². The van der Waals surface area contributed by atoms with Crippen LogP contribution >= 0.6 is 0 Å². The zero-order chi connectivity index (χ0) is 6.69. The SMILES string of the molecule is C=C[C@H]1O[C@H]1CCCO. The molecule has 2 nitrogen and oxygen atoms in total. The summed E-state index contributed by atoms with van der Waals surface area (Å²) in [4.78, 5) is 0. The zero-order valence-corrected chi connectivity index (χ0v) is 5.42. The van der Waals surface area contributed by atoms with Crippen LogP contribution in [0.15, 0.2) is 12.7 Å². The Labute approximate surface area is 55.1 Å². The second-order valence-electron chi connectivity index (χ2n) is 2.24. The summed E-state index contributed by atoms with van der Waals surface area (Å²) in [5.74, 6) is 0. The van der Waals surface area contributed by atoms with Gasteiger partial charge in [0.2, 0.25) is 0 Å². The predicted molar refractivity (Wildman–Crippen MR) is 35.2 cm³/mol. The Morgan fingerprint density at radius 2 is 2.44 bits per heavy atom. The summed E-state index contributed by atoms with van der Waals surface area (Å²) in [6.45, 7) is 3.86. The first-order valence-electron chi connectivity index (χ1n) is 3.27. The Bertz CT molecular complexity index is 101. The average molecular weight is 128 g/mol. The van der Waals surface area contributed by atoms with Gasteiger partial charge in [0.05, 0.1) is 6.10 Å². The quantitative estimate of drug-likeness (QED) is 0.447. The number of aliphatic hydroxyl groups is 1. The van der Waals surface area contributed by atoms with Gasteiger partial charge in [-0.2, -0.15) is 0 Å². The Morgan fingerprint density at radius 3 is 2.89 bits per heavy atom. The van der Waals surface area contributed by atoms with Crippen molar-refractivity contribution in [1.82, 2.24) is 0 Å². The number of rotatable bonds is 4. The van der Waals surface area contributed by atoms with E-state index in [2.05, 4.69) is 6.58 Å². The smallest absolute Gasteiger partial charge is 0.102 e. The van der Waals surface area contributed by atoms with Gasteiger partial charge in [-0.3, -0.25) is 0 Å². The molecule has 0 amide bonds. The molecule has 1 N–H and O–H groups in total. The van der Waals surface area contributed by atoms with Gasteiger partial charge in [-0.05, 0) is 12.8 Å². The molecule has 0 unspecified atom stereocenters. The standard InChI is InChI=1S/C7H12O2/c1-2-6-7(9-6)4-3-5-8/h2,6-8H,1,3-5H2/t6-,7+/m1/s1. The highest BCUT2D eigenvalue weighted by Gasteiger charge is 2.34. The molecule has 0 spiro atoms. The summed E-state index contributed by atoms with van der Waals surface area (Å²) < 4.78 is 5.14. The van der Waals surface area contributed by atoms with Gasteiger partial charge >= 0.3 is 0 Å². The first-order valence-corrected chi connectivity index (χ1v) is 3.27. The lowest BCUT2D eigenvalue weighted by atomic mass is 10.2. The highest BCUT2D eigenvalue weighted by molar-refractivity contribution is 4.97. The predicted octanol–water partition coefficient (Wildman–Crippen LogP) is 0.712. The van der Waals surface area contributed by atoms with Crippen LogP contribution < -0.4 is 0 Å². The van der Waals surface area contributed by atoms with E-state index < -0.39 is 0 Å². The van der Waals surface area contributed by atoms with Crippen molar-refractivity contribution in [1.29, 1.82) is 0 Å². The largest absolute Gasteiger partial charge is 0.396 e. The van der Waals surface area contributed by atoms with E-state index in [0.717, 1.165) is 12.8 Å². The second-order valence-corrected chi connectivity index (χ2v) is 2.24. The summed E-state index contributed by atoms with van der Waals surface area (Å²) in [6.07, 6.45) is 4.25. The van der Waals surface area contributed by atoms with E-state index in [1.165, 1.54) is 0 Å². The maximum absolute atomic E-state index is 8.42. The molecule has 0 bridgehead atoms. The summed E-state index contributed by atoms with van der Waals surface area (Å²) in [5, 5.41) is 8.42. The summed E-state index contributed by atoms with van der Waals surface area (Å²) in [5.41, 5.74) is 0. The first-order chi connectivity index (χ1) is 4.38. The first kappa shape index (κ1) is 6.78. The molecule has 1 aliphatic rings. The van der Waals surface area contributed by atoms with Gasteiger partial charge in [0.25, 0.3) is 0 Å². The minimum Gasteiger partial charge on any atom is -0.396 e. The van der Waals surface area contributed by atoms with Crippen LogP contribution in [0.1, 0.15) is 12.8 Å². The van der Waals surface area contributed by atoms with Gasteiger partial charge in [-0.1, -0.05) is 6.08 Å². The van der Waals surface area contributed by atoms with Crippen molar-refractivity contribution < 1.29 is 9.84 Å². The molecule has 0 aliphatic carbocycles. The van der Waals surface area contributed by atoms with Crippen LogP contribution in [0.5, 0.6) is 0 Å². The van der Waals surface area contributed by atoms with Gasteiger partial charge in [-0.25, -0.2) is 0 Å². The molecule has 0 aromatic rings. The van der Waals surface area contributed by atoms with Crippen molar-refractivity contribution >= 4 is 0 Å². The van der Waals surface area contributed by atoms with E-state index >= 15 is 0 Å². The average Bonchev–Trinajstić information content (AvgIpc) is 2.62. The van der Waals surface area contributed by atoms with E-state index in [1.54, 1.807) is 0 Å². The van der Waals surface area contributed by atoms with E-state index in [1.807, 2.05) is 6.08 Å². The molecule has 0 aromatic heterocycles. The van der Waals surface area contributed by atoms with Crippen LogP contribution in [0.2, 0.25) is 0 Å². The molecule has 2 atom stereocenters. The molecular formula is C7H12O2. The maximum atomic E-state index is 8.42. The van der Waals surface area contributed by atoms with E-state index in [4.69, 9.17) is 9.84 Å². The number of hydrogen-bond acceptors (Lipinski definition) is 2. The molecule has 2 heteroatoms. The zero-order valence-electron chi connectivity index (χ0n) is 5.42.